The van der Waals surface area contributed by atoms with Crippen molar-refractivity contribution < 1.29 is 9.47 Å². The highest BCUT2D eigenvalue weighted by Gasteiger charge is 2.25. The van der Waals surface area contributed by atoms with E-state index in [0.29, 0.717) is 12.6 Å². The lowest BCUT2D eigenvalue weighted by molar-refractivity contribution is 0.195. The van der Waals surface area contributed by atoms with Gasteiger partial charge in [-0.25, -0.2) is 0 Å². The molecule has 1 heterocycles. The molecule has 1 atom stereocenters. The second-order valence-electron chi connectivity index (χ2n) is 8.96. The van der Waals surface area contributed by atoms with Gasteiger partial charge in [0.15, 0.2) is 11.5 Å². The van der Waals surface area contributed by atoms with Gasteiger partial charge in [0.2, 0.25) is 0 Å². The number of methoxy groups -OCH3 is 1. The van der Waals surface area contributed by atoms with Gasteiger partial charge in [0.05, 0.1) is 7.11 Å². The Morgan fingerprint density at radius 2 is 1.72 bits per heavy atom. The summed E-state index contributed by atoms with van der Waals surface area (Å²) in [6, 6.07) is 21.9. The van der Waals surface area contributed by atoms with Crippen molar-refractivity contribution in [1.29, 1.82) is 0 Å². The molecule has 0 bridgehead atoms. The molecule has 0 fully saturated rings. The van der Waals surface area contributed by atoms with Gasteiger partial charge in [0.1, 0.15) is 6.61 Å². The minimum Gasteiger partial charge on any atom is -0.493 e. The van der Waals surface area contributed by atoms with E-state index in [0.717, 1.165) is 43.0 Å². The second kappa shape index (κ2) is 10.2. The van der Waals surface area contributed by atoms with E-state index in [2.05, 4.69) is 68.1 Å². The van der Waals surface area contributed by atoms with Crippen molar-refractivity contribution in [2.45, 2.75) is 52.7 Å². The van der Waals surface area contributed by atoms with Crippen LogP contribution in [0.15, 0.2) is 60.7 Å². The van der Waals surface area contributed by atoms with Crippen LogP contribution in [-0.2, 0) is 19.4 Å². The molecule has 1 unspecified atom stereocenters. The van der Waals surface area contributed by atoms with Crippen LogP contribution >= 0.6 is 0 Å². The molecule has 0 amide bonds. The quantitative estimate of drug-likeness (QED) is 0.411. The zero-order chi connectivity index (χ0) is 22.5. The molecule has 0 radical (unpaired) electrons. The van der Waals surface area contributed by atoms with Crippen molar-refractivity contribution in [3.8, 4) is 11.5 Å². The van der Waals surface area contributed by atoms with Crippen molar-refractivity contribution in [2.24, 2.45) is 0 Å². The Morgan fingerprint density at radius 3 is 2.47 bits per heavy atom. The molecule has 0 saturated heterocycles. The zero-order valence-corrected chi connectivity index (χ0v) is 19.9. The molecule has 0 aliphatic carbocycles. The molecule has 0 saturated carbocycles. The lowest BCUT2D eigenvalue weighted by atomic mass is 9.92. The molecule has 3 aromatic carbocycles. The van der Waals surface area contributed by atoms with Crippen LogP contribution < -0.4 is 9.47 Å². The van der Waals surface area contributed by atoms with E-state index in [-0.39, 0.29) is 0 Å². The number of nitrogens with zero attached hydrogens (tertiary/aromatic N) is 1. The molecule has 3 heteroatoms. The molecule has 3 nitrogen and oxygen atoms in total. The lowest BCUT2D eigenvalue weighted by Gasteiger charge is -2.36. The Balaban J connectivity index is 1.40. The molecule has 168 valence electrons. The number of hydrogen-bond donors (Lipinski definition) is 0. The molecule has 1 aliphatic heterocycles. The van der Waals surface area contributed by atoms with Crippen LogP contribution in [-0.4, -0.2) is 25.1 Å². The maximum absolute atomic E-state index is 6.14. The van der Waals surface area contributed by atoms with E-state index in [1.54, 1.807) is 7.11 Å². The van der Waals surface area contributed by atoms with Gasteiger partial charge in [0, 0.05) is 12.6 Å². The average molecular weight is 430 g/mol. The molecule has 4 rings (SSSR count). The molecular weight excluding hydrogens is 394 g/mol. The summed E-state index contributed by atoms with van der Waals surface area (Å²) in [7, 11) is 1.73. The Bertz CT molecular complexity index is 1040. The summed E-state index contributed by atoms with van der Waals surface area (Å²) in [6.45, 7) is 9.45. The second-order valence-corrected chi connectivity index (χ2v) is 8.96. The highest BCUT2D eigenvalue weighted by atomic mass is 16.5. The number of benzene rings is 3. The van der Waals surface area contributed by atoms with E-state index in [1.165, 1.54) is 34.2 Å². The summed E-state index contributed by atoms with van der Waals surface area (Å²) in [6.07, 6.45) is 3.36. The lowest BCUT2D eigenvalue weighted by Crippen LogP contribution is -2.35. The van der Waals surface area contributed by atoms with Crippen LogP contribution in [0.3, 0.4) is 0 Å². The van der Waals surface area contributed by atoms with Crippen molar-refractivity contribution in [3.63, 3.8) is 0 Å². The van der Waals surface area contributed by atoms with Gasteiger partial charge < -0.3 is 9.47 Å². The smallest absolute Gasteiger partial charge is 0.161 e. The number of aryl methyl sites for hydroxylation is 3. The highest BCUT2D eigenvalue weighted by Crippen LogP contribution is 2.38. The van der Waals surface area contributed by atoms with Gasteiger partial charge in [0.25, 0.3) is 0 Å². The molecule has 0 aromatic heterocycles. The fourth-order valence-electron chi connectivity index (χ4n) is 4.64. The van der Waals surface area contributed by atoms with Crippen LogP contribution in [0.4, 0.5) is 0 Å². The van der Waals surface area contributed by atoms with E-state index in [9.17, 15) is 0 Å². The summed E-state index contributed by atoms with van der Waals surface area (Å²) in [5.74, 6) is 1.66. The van der Waals surface area contributed by atoms with Gasteiger partial charge in [-0.2, -0.15) is 0 Å². The van der Waals surface area contributed by atoms with E-state index in [1.807, 2.05) is 18.2 Å². The summed E-state index contributed by atoms with van der Waals surface area (Å²) >= 11 is 0. The number of hydrogen-bond acceptors (Lipinski definition) is 3. The molecule has 1 aliphatic rings. The maximum atomic E-state index is 6.14. The first-order valence-electron chi connectivity index (χ1n) is 11.7. The molecular formula is C29H35NO2. The number of fused-ring (bicyclic) bond motifs is 1. The molecule has 32 heavy (non-hydrogen) atoms. The molecule has 3 aromatic rings. The third-order valence-corrected chi connectivity index (χ3v) is 6.81. The van der Waals surface area contributed by atoms with Crippen molar-refractivity contribution in [2.75, 3.05) is 20.2 Å². The summed E-state index contributed by atoms with van der Waals surface area (Å²) in [5, 5.41) is 0. The van der Waals surface area contributed by atoms with Gasteiger partial charge in [-0.05, 0) is 92.1 Å². The Labute approximate surface area is 193 Å². The third-order valence-electron chi connectivity index (χ3n) is 6.81. The topological polar surface area (TPSA) is 21.7 Å². The predicted octanol–water partition coefficient (Wildman–Crippen LogP) is 6.44. The minimum atomic E-state index is 0.385. The van der Waals surface area contributed by atoms with Gasteiger partial charge in [-0.1, -0.05) is 48.5 Å². The summed E-state index contributed by atoms with van der Waals surface area (Å²) in [5.41, 5.74) is 8.12. The monoisotopic (exact) mass is 429 g/mol. The van der Waals surface area contributed by atoms with E-state index >= 15 is 0 Å². The van der Waals surface area contributed by atoms with Crippen molar-refractivity contribution in [3.05, 3.63) is 94.0 Å². The van der Waals surface area contributed by atoms with Crippen molar-refractivity contribution in [1.82, 2.24) is 4.90 Å². The van der Waals surface area contributed by atoms with Crippen LogP contribution in [0.5, 0.6) is 11.5 Å². The van der Waals surface area contributed by atoms with Crippen LogP contribution in [0.2, 0.25) is 0 Å². The fraction of sp³-hybridized carbons (Fsp3) is 0.379. The first kappa shape index (κ1) is 22.4. The Hall–Kier alpha value is -2.78. The van der Waals surface area contributed by atoms with E-state index < -0.39 is 0 Å². The minimum absolute atomic E-state index is 0.385. The third kappa shape index (κ3) is 5.16. The first-order valence-corrected chi connectivity index (χ1v) is 11.7. The van der Waals surface area contributed by atoms with Crippen LogP contribution in [0.1, 0.15) is 52.8 Å². The molecule has 0 spiro atoms. The number of rotatable bonds is 8. The predicted molar refractivity (Wildman–Crippen MR) is 132 cm³/mol. The van der Waals surface area contributed by atoms with Crippen LogP contribution in [0, 0.1) is 13.8 Å². The van der Waals surface area contributed by atoms with Crippen molar-refractivity contribution >= 4 is 0 Å². The Morgan fingerprint density at radius 1 is 0.906 bits per heavy atom. The number of ether oxygens (including phenoxy) is 2. The van der Waals surface area contributed by atoms with Gasteiger partial charge >= 0.3 is 0 Å². The summed E-state index contributed by atoms with van der Waals surface area (Å²) in [4.78, 5) is 2.60. The normalized spacial score (nSPS) is 15.9. The maximum Gasteiger partial charge on any atom is 0.161 e. The fourth-order valence-corrected chi connectivity index (χ4v) is 4.64. The van der Waals surface area contributed by atoms with Gasteiger partial charge in [-0.3, -0.25) is 4.90 Å². The Kier molecular flexibility index (Phi) is 7.16. The SMILES string of the molecule is COc1cc2c(cc1OCc1ccccc1)CCN(CCCc1ccc(C)c(C)c1)C2C. The molecule has 0 N–H and O–H groups in total. The van der Waals surface area contributed by atoms with Crippen LogP contribution in [0.25, 0.3) is 0 Å². The largest absolute Gasteiger partial charge is 0.493 e. The van der Waals surface area contributed by atoms with E-state index in [4.69, 9.17) is 9.47 Å². The highest BCUT2D eigenvalue weighted by molar-refractivity contribution is 5.49. The summed E-state index contributed by atoms with van der Waals surface area (Å²) < 4.78 is 11.8. The first-order chi connectivity index (χ1) is 15.5. The average Bonchev–Trinajstić information content (AvgIpc) is 2.81. The zero-order valence-electron chi connectivity index (χ0n) is 19.9. The standard InChI is InChI=1S/C29H35NO2/c1-21-12-13-24(17-22(21)2)11-8-15-30-16-14-26-18-29(28(31-4)19-27(26)23(30)3)32-20-25-9-6-5-7-10-25/h5-7,9-10,12-13,17-19,23H,8,11,14-16,20H2,1-4H3. The van der Waals surface area contributed by atoms with Gasteiger partial charge in [-0.15, -0.1) is 0 Å².